The number of fused-ring (bicyclic) bond motifs is 2. The van der Waals surface area contributed by atoms with Crippen LogP contribution >= 0.6 is 11.8 Å². The number of carbonyl (C=O) groups excluding carboxylic acids is 1. The number of carbonyl (C=O) groups is 1. The van der Waals surface area contributed by atoms with E-state index in [1.54, 1.807) is 18.0 Å². The molecule has 4 N–H and O–H groups in total. The number of rotatable bonds is 2. The van der Waals surface area contributed by atoms with Crippen LogP contribution in [0.3, 0.4) is 0 Å². The number of benzene rings is 1. The Kier molecular flexibility index (Phi) is 3.78. The van der Waals surface area contributed by atoms with Gasteiger partial charge >= 0.3 is 0 Å². The SMILES string of the molecule is Cc1cc2c(cc1C(=O)Nc1ccnc3[nH]ccc13)SCC[C@@H]2N. The number of hydrogen-bond donors (Lipinski definition) is 3. The van der Waals surface area contributed by atoms with Crippen molar-refractivity contribution in [2.45, 2.75) is 24.3 Å². The first-order valence-corrected chi connectivity index (χ1v) is 8.88. The third-order valence-corrected chi connectivity index (χ3v) is 5.50. The fourth-order valence-electron chi connectivity index (χ4n) is 3.08. The number of nitrogens with one attached hydrogen (secondary N) is 2. The van der Waals surface area contributed by atoms with Gasteiger partial charge in [0.05, 0.1) is 5.69 Å². The van der Waals surface area contributed by atoms with Gasteiger partial charge in [-0.2, -0.15) is 0 Å². The molecule has 0 bridgehead atoms. The van der Waals surface area contributed by atoms with Crippen LogP contribution in [-0.4, -0.2) is 21.6 Å². The van der Waals surface area contributed by atoms with E-state index in [4.69, 9.17) is 5.73 Å². The Morgan fingerprint density at radius 3 is 3.17 bits per heavy atom. The van der Waals surface area contributed by atoms with E-state index >= 15 is 0 Å². The van der Waals surface area contributed by atoms with Crippen LogP contribution in [0.15, 0.2) is 41.6 Å². The molecule has 1 aliphatic rings. The number of aryl methyl sites for hydroxylation is 1. The van der Waals surface area contributed by atoms with E-state index in [2.05, 4.69) is 21.4 Å². The van der Waals surface area contributed by atoms with Gasteiger partial charge < -0.3 is 16.0 Å². The zero-order valence-corrected chi connectivity index (χ0v) is 14.1. The lowest BCUT2D eigenvalue weighted by atomic mass is 9.98. The van der Waals surface area contributed by atoms with E-state index in [0.29, 0.717) is 5.56 Å². The number of aromatic amines is 1. The Balaban J connectivity index is 1.69. The van der Waals surface area contributed by atoms with Crippen LogP contribution in [0.1, 0.15) is 33.9 Å². The van der Waals surface area contributed by atoms with E-state index in [0.717, 1.165) is 44.9 Å². The molecule has 0 aliphatic carbocycles. The molecule has 122 valence electrons. The predicted octanol–water partition coefficient (Wildman–Crippen LogP) is 3.62. The molecule has 6 heteroatoms. The van der Waals surface area contributed by atoms with Crippen molar-refractivity contribution in [3.8, 4) is 0 Å². The van der Waals surface area contributed by atoms with Crippen LogP contribution in [0, 0.1) is 6.92 Å². The zero-order chi connectivity index (χ0) is 16.7. The number of pyridine rings is 1. The van der Waals surface area contributed by atoms with Crippen molar-refractivity contribution >= 4 is 34.4 Å². The molecule has 0 unspecified atom stereocenters. The molecule has 1 aliphatic heterocycles. The van der Waals surface area contributed by atoms with Gasteiger partial charge in [0.25, 0.3) is 5.91 Å². The lowest BCUT2D eigenvalue weighted by Gasteiger charge is -2.23. The summed E-state index contributed by atoms with van der Waals surface area (Å²) >= 11 is 1.77. The highest BCUT2D eigenvalue weighted by Crippen LogP contribution is 2.36. The average Bonchev–Trinajstić information content (AvgIpc) is 3.05. The number of nitrogens with zero attached hydrogens (tertiary/aromatic N) is 1. The number of nitrogens with two attached hydrogens (primary N) is 1. The smallest absolute Gasteiger partial charge is 0.255 e. The number of H-pyrrole nitrogens is 1. The first kappa shape index (κ1) is 15.2. The second kappa shape index (κ2) is 5.96. The van der Waals surface area contributed by atoms with Gasteiger partial charge in [-0.05, 0) is 48.4 Å². The molecule has 0 saturated heterocycles. The second-order valence-electron chi connectivity index (χ2n) is 6.00. The number of thioether (sulfide) groups is 1. The number of hydrogen-bond acceptors (Lipinski definition) is 4. The highest BCUT2D eigenvalue weighted by Gasteiger charge is 2.21. The van der Waals surface area contributed by atoms with Crippen molar-refractivity contribution < 1.29 is 4.79 Å². The van der Waals surface area contributed by atoms with Crippen LogP contribution in [-0.2, 0) is 0 Å². The molecule has 1 aromatic carbocycles. The Labute approximate surface area is 144 Å². The van der Waals surface area contributed by atoms with Crippen LogP contribution in [0.25, 0.3) is 11.0 Å². The van der Waals surface area contributed by atoms with E-state index in [9.17, 15) is 4.79 Å². The maximum Gasteiger partial charge on any atom is 0.255 e. The molecule has 4 rings (SSSR count). The number of amides is 1. The molecule has 5 nitrogen and oxygen atoms in total. The summed E-state index contributed by atoms with van der Waals surface area (Å²) in [4.78, 5) is 21.2. The van der Waals surface area contributed by atoms with Crippen LogP contribution < -0.4 is 11.1 Å². The molecule has 3 aromatic rings. The van der Waals surface area contributed by atoms with Gasteiger partial charge in [0.2, 0.25) is 0 Å². The minimum absolute atomic E-state index is 0.0664. The largest absolute Gasteiger partial charge is 0.346 e. The van der Waals surface area contributed by atoms with E-state index in [1.807, 2.05) is 31.3 Å². The van der Waals surface area contributed by atoms with Crippen molar-refractivity contribution in [3.63, 3.8) is 0 Å². The molecular weight excluding hydrogens is 320 g/mol. The lowest BCUT2D eigenvalue weighted by molar-refractivity contribution is 0.102. The highest BCUT2D eigenvalue weighted by atomic mass is 32.2. The summed E-state index contributed by atoms with van der Waals surface area (Å²) < 4.78 is 0. The van der Waals surface area contributed by atoms with Crippen LogP contribution in [0.5, 0.6) is 0 Å². The standard InChI is InChI=1S/C18H18N4OS/c1-10-8-13-14(19)4-7-24-16(13)9-12(10)18(23)22-15-3-6-21-17-11(15)2-5-20-17/h2-3,5-6,8-9,14H,4,7,19H2,1H3,(H2,20,21,22,23)/t14-/m0/s1. The Morgan fingerprint density at radius 2 is 2.29 bits per heavy atom. The van der Waals surface area contributed by atoms with Crippen molar-refractivity contribution in [3.05, 3.63) is 53.3 Å². The monoisotopic (exact) mass is 338 g/mol. The molecule has 1 atom stereocenters. The van der Waals surface area contributed by atoms with Crippen LogP contribution in [0.4, 0.5) is 5.69 Å². The second-order valence-corrected chi connectivity index (χ2v) is 7.14. The third-order valence-electron chi connectivity index (χ3n) is 4.40. The summed E-state index contributed by atoms with van der Waals surface area (Å²) in [5.41, 5.74) is 10.5. The van der Waals surface area contributed by atoms with E-state index in [1.165, 1.54) is 0 Å². The lowest BCUT2D eigenvalue weighted by Crippen LogP contribution is -2.19. The summed E-state index contributed by atoms with van der Waals surface area (Å²) in [6, 6.07) is 7.81. The molecule has 0 spiro atoms. The summed E-state index contributed by atoms with van der Waals surface area (Å²) in [7, 11) is 0. The molecule has 0 radical (unpaired) electrons. The fraction of sp³-hybridized carbons (Fsp3) is 0.222. The summed E-state index contributed by atoms with van der Waals surface area (Å²) in [6.07, 6.45) is 4.48. The molecule has 2 aromatic heterocycles. The molecular formula is C18H18N4OS. The minimum atomic E-state index is -0.108. The minimum Gasteiger partial charge on any atom is -0.346 e. The van der Waals surface area contributed by atoms with Gasteiger partial charge in [-0.15, -0.1) is 11.8 Å². The first-order chi connectivity index (χ1) is 11.6. The van der Waals surface area contributed by atoms with Crippen molar-refractivity contribution in [1.82, 2.24) is 9.97 Å². The van der Waals surface area contributed by atoms with Gasteiger partial charge in [0, 0.05) is 34.3 Å². The normalized spacial score (nSPS) is 16.8. The Morgan fingerprint density at radius 1 is 1.42 bits per heavy atom. The molecule has 24 heavy (non-hydrogen) atoms. The Hall–Kier alpha value is -2.31. The van der Waals surface area contributed by atoms with E-state index in [-0.39, 0.29) is 11.9 Å². The van der Waals surface area contributed by atoms with Gasteiger partial charge in [-0.1, -0.05) is 6.07 Å². The topological polar surface area (TPSA) is 83.8 Å². The number of aromatic nitrogens is 2. The maximum absolute atomic E-state index is 12.8. The fourth-order valence-corrected chi connectivity index (χ4v) is 4.25. The first-order valence-electron chi connectivity index (χ1n) is 7.90. The summed E-state index contributed by atoms with van der Waals surface area (Å²) in [5, 5.41) is 3.91. The van der Waals surface area contributed by atoms with Crippen molar-refractivity contribution in [2.75, 3.05) is 11.1 Å². The van der Waals surface area contributed by atoms with Gasteiger partial charge in [0.15, 0.2) is 0 Å². The number of anilines is 1. The van der Waals surface area contributed by atoms with Gasteiger partial charge in [0.1, 0.15) is 5.65 Å². The summed E-state index contributed by atoms with van der Waals surface area (Å²) in [6.45, 7) is 1.96. The molecule has 3 heterocycles. The molecule has 0 fully saturated rings. The quantitative estimate of drug-likeness (QED) is 0.666. The molecule has 0 saturated carbocycles. The maximum atomic E-state index is 12.8. The Bertz CT molecular complexity index is 934. The average molecular weight is 338 g/mol. The molecule has 1 amide bonds. The highest BCUT2D eigenvalue weighted by molar-refractivity contribution is 7.99. The third kappa shape index (κ3) is 2.57. The predicted molar refractivity (Wildman–Crippen MR) is 97.5 cm³/mol. The van der Waals surface area contributed by atoms with Gasteiger partial charge in [-0.3, -0.25) is 4.79 Å². The van der Waals surface area contributed by atoms with Crippen LogP contribution in [0.2, 0.25) is 0 Å². The summed E-state index contributed by atoms with van der Waals surface area (Å²) in [5.74, 6) is 0.885. The zero-order valence-electron chi connectivity index (χ0n) is 13.3. The van der Waals surface area contributed by atoms with E-state index < -0.39 is 0 Å². The van der Waals surface area contributed by atoms with Gasteiger partial charge in [-0.25, -0.2) is 4.98 Å². The van der Waals surface area contributed by atoms with Crippen molar-refractivity contribution in [1.29, 1.82) is 0 Å². The van der Waals surface area contributed by atoms with Crippen molar-refractivity contribution in [2.24, 2.45) is 5.73 Å².